The Morgan fingerprint density at radius 3 is 2.75 bits per heavy atom. The summed E-state index contributed by atoms with van der Waals surface area (Å²) >= 11 is 0. The van der Waals surface area contributed by atoms with Crippen LogP contribution in [-0.4, -0.2) is 32.1 Å². The zero-order valence-corrected chi connectivity index (χ0v) is 5.42. The minimum absolute atomic E-state index is 0.528. The molecule has 0 saturated carbocycles. The fourth-order valence-electron chi connectivity index (χ4n) is 0.264. The predicted molar refractivity (Wildman–Crippen MR) is 33.8 cm³/mol. The molecule has 0 spiro atoms. The largest absolute Gasteiger partial charge is 0.360 e. The second kappa shape index (κ2) is 4.59. The maximum Gasteiger partial charge on any atom is 0.134 e. The van der Waals surface area contributed by atoms with Crippen LogP contribution >= 0.6 is 0 Å². The van der Waals surface area contributed by atoms with Crippen LogP contribution in [0.5, 0.6) is 0 Å². The monoisotopic (exact) mass is 116 g/mol. The number of hydrazone groups is 1. The molecule has 0 aliphatic rings. The SMILES string of the molecule is C=NN(C)COCC. The summed E-state index contributed by atoms with van der Waals surface area (Å²) in [5.41, 5.74) is 0. The van der Waals surface area contributed by atoms with Gasteiger partial charge in [0.15, 0.2) is 0 Å². The first-order valence-electron chi connectivity index (χ1n) is 2.56. The highest BCUT2D eigenvalue weighted by molar-refractivity contribution is 5.22. The third-order valence-corrected chi connectivity index (χ3v) is 0.724. The van der Waals surface area contributed by atoms with Crippen LogP contribution in [0.15, 0.2) is 5.10 Å². The summed E-state index contributed by atoms with van der Waals surface area (Å²) in [7, 11) is 1.81. The molecule has 8 heavy (non-hydrogen) atoms. The topological polar surface area (TPSA) is 24.8 Å². The van der Waals surface area contributed by atoms with Crippen LogP contribution in [0.2, 0.25) is 0 Å². The lowest BCUT2D eigenvalue weighted by Gasteiger charge is -2.09. The van der Waals surface area contributed by atoms with Gasteiger partial charge in [-0.1, -0.05) is 0 Å². The van der Waals surface area contributed by atoms with Crippen molar-refractivity contribution in [2.45, 2.75) is 6.92 Å². The molecule has 0 atom stereocenters. The molecule has 0 unspecified atom stereocenters. The summed E-state index contributed by atoms with van der Waals surface area (Å²) in [5.74, 6) is 0. The van der Waals surface area contributed by atoms with Crippen LogP contribution in [0.25, 0.3) is 0 Å². The molecular formula is C5H12N2O. The maximum atomic E-state index is 4.98. The Hall–Kier alpha value is -0.570. The first kappa shape index (κ1) is 7.43. The third kappa shape index (κ3) is 3.61. The molecule has 0 bridgehead atoms. The molecule has 0 rings (SSSR count). The quantitative estimate of drug-likeness (QED) is 0.304. The van der Waals surface area contributed by atoms with Crippen LogP contribution in [0.4, 0.5) is 0 Å². The van der Waals surface area contributed by atoms with Crippen molar-refractivity contribution >= 4 is 6.72 Å². The second-order valence-corrected chi connectivity index (χ2v) is 1.42. The van der Waals surface area contributed by atoms with E-state index in [9.17, 15) is 0 Å². The minimum atomic E-state index is 0.528. The first-order valence-corrected chi connectivity index (χ1v) is 2.56. The predicted octanol–water partition coefficient (Wildman–Crippen LogP) is 0.528. The fraction of sp³-hybridized carbons (Fsp3) is 0.800. The first-order chi connectivity index (χ1) is 3.81. The summed E-state index contributed by atoms with van der Waals surface area (Å²) in [6, 6.07) is 0. The standard InChI is InChI=1S/C5H12N2O/c1-4-8-5-7(3)6-2/h2,4-5H2,1,3H3. The van der Waals surface area contributed by atoms with E-state index in [2.05, 4.69) is 11.8 Å². The lowest BCUT2D eigenvalue weighted by molar-refractivity contribution is 0.0532. The molecule has 0 aromatic rings. The molecule has 0 fully saturated rings. The molecular weight excluding hydrogens is 104 g/mol. The van der Waals surface area contributed by atoms with E-state index in [1.165, 1.54) is 0 Å². The molecule has 48 valence electrons. The van der Waals surface area contributed by atoms with E-state index in [0.29, 0.717) is 6.73 Å². The number of hydrogen-bond donors (Lipinski definition) is 0. The summed E-state index contributed by atoms with van der Waals surface area (Å²) in [6.45, 7) is 6.50. The average Bonchev–Trinajstić information content (AvgIpc) is 1.83. The van der Waals surface area contributed by atoms with Crippen molar-refractivity contribution in [2.75, 3.05) is 20.4 Å². The van der Waals surface area contributed by atoms with Crippen molar-refractivity contribution in [1.29, 1.82) is 0 Å². The molecule has 0 radical (unpaired) electrons. The Balaban J connectivity index is 2.98. The summed E-state index contributed by atoms with van der Waals surface area (Å²) in [6.07, 6.45) is 0. The van der Waals surface area contributed by atoms with Crippen LogP contribution in [0.1, 0.15) is 6.92 Å². The fourth-order valence-corrected chi connectivity index (χ4v) is 0.264. The van der Waals surface area contributed by atoms with Crippen LogP contribution in [0.3, 0.4) is 0 Å². The van der Waals surface area contributed by atoms with Crippen molar-refractivity contribution in [2.24, 2.45) is 5.10 Å². The second-order valence-electron chi connectivity index (χ2n) is 1.42. The van der Waals surface area contributed by atoms with Gasteiger partial charge in [0.05, 0.1) is 0 Å². The molecule has 0 aliphatic heterocycles. The van der Waals surface area contributed by atoms with Gasteiger partial charge >= 0.3 is 0 Å². The molecule has 0 aromatic carbocycles. The smallest absolute Gasteiger partial charge is 0.134 e. The number of ether oxygens (including phenoxy) is 1. The maximum absolute atomic E-state index is 4.98. The lowest BCUT2D eigenvalue weighted by Crippen LogP contribution is -2.14. The Morgan fingerprint density at radius 1 is 1.75 bits per heavy atom. The number of hydrogen-bond acceptors (Lipinski definition) is 3. The number of nitrogens with zero attached hydrogens (tertiary/aromatic N) is 2. The normalized spacial score (nSPS) is 8.75. The highest BCUT2D eigenvalue weighted by atomic mass is 16.5. The van der Waals surface area contributed by atoms with Gasteiger partial charge in [0.25, 0.3) is 0 Å². The Bertz CT molecular complexity index is 65.4. The van der Waals surface area contributed by atoms with E-state index < -0.39 is 0 Å². The molecule has 0 aromatic heterocycles. The van der Waals surface area contributed by atoms with Crippen molar-refractivity contribution in [1.82, 2.24) is 5.01 Å². The van der Waals surface area contributed by atoms with E-state index in [1.54, 1.807) is 5.01 Å². The summed E-state index contributed by atoms with van der Waals surface area (Å²) in [4.78, 5) is 0. The Labute approximate surface area is 49.9 Å². The van der Waals surface area contributed by atoms with E-state index in [0.717, 1.165) is 6.61 Å². The van der Waals surface area contributed by atoms with Gasteiger partial charge in [0.1, 0.15) is 6.73 Å². The van der Waals surface area contributed by atoms with Crippen molar-refractivity contribution in [3.8, 4) is 0 Å². The molecule has 0 N–H and O–H groups in total. The molecule has 0 saturated heterocycles. The van der Waals surface area contributed by atoms with E-state index >= 15 is 0 Å². The van der Waals surface area contributed by atoms with Gasteiger partial charge in [-0.25, -0.2) is 0 Å². The highest BCUT2D eigenvalue weighted by Gasteiger charge is 1.85. The summed E-state index contributed by atoms with van der Waals surface area (Å²) < 4.78 is 4.98. The number of rotatable bonds is 4. The minimum Gasteiger partial charge on any atom is -0.360 e. The van der Waals surface area contributed by atoms with Crippen molar-refractivity contribution in [3.63, 3.8) is 0 Å². The van der Waals surface area contributed by atoms with Gasteiger partial charge in [-0.15, -0.1) is 0 Å². The van der Waals surface area contributed by atoms with Gasteiger partial charge in [-0.05, 0) is 6.92 Å². The molecule has 3 heteroatoms. The van der Waals surface area contributed by atoms with E-state index in [1.807, 2.05) is 14.0 Å². The van der Waals surface area contributed by atoms with Crippen LogP contribution in [-0.2, 0) is 4.74 Å². The zero-order valence-electron chi connectivity index (χ0n) is 5.42. The molecule has 0 heterocycles. The average molecular weight is 116 g/mol. The lowest BCUT2D eigenvalue weighted by atomic mass is 10.9. The highest BCUT2D eigenvalue weighted by Crippen LogP contribution is 1.80. The van der Waals surface area contributed by atoms with Crippen molar-refractivity contribution < 1.29 is 4.74 Å². The third-order valence-electron chi connectivity index (χ3n) is 0.724. The summed E-state index contributed by atoms with van der Waals surface area (Å²) in [5, 5.41) is 5.21. The van der Waals surface area contributed by atoms with E-state index in [-0.39, 0.29) is 0 Å². The van der Waals surface area contributed by atoms with Crippen molar-refractivity contribution in [3.05, 3.63) is 0 Å². The molecule has 3 nitrogen and oxygen atoms in total. The van der Waals surface area contributed by atoms with E-state index in [4.69, 9.17) is 4.74 Å². The zero-order chi connectivity index (χ0) is 6.41. The molecule has 0 amide bonds. The Kier molecular flexibility index (Phi) is 4.26. The van der Waals surface area contributed by atoms with Gasteiger partial charge in [0, 0.05) is 20.4 Å². The molecule has 0 aliphatic carbocycles. The van der Waals surface area contributed by atoms with Gasteiger partial charge < -0.3 is 4.74 Å². The van der Waals surface area contributed by atoms with Gasteiger partial charge in [0.2, 0.25) is 0 Å². The van der Waals surface area contributed by atoms with Crippen LogP contribution in [0, 0.1) is 0 Å². The Morgan fingerprint density at radius 2 is 2.38 bits per heavy atom. The van der Waals surface area contributed by atoms with Gasteiger partial charge in [-0.2, -0.15) is 5.10 Å². The van der Waals surface area contributed by atoms with Gasteiger partial charge in [-0.3, -0.25) is 5.01 Å². The van der Waals surface area contributed by atoms with Crippen LogP contribution < -0.4 is 0 Å².